The fourth-order valence-electron chi connectivity index (χ4n) is 4.26. The highest BCUT2D eigenvalue weighted by atomic mass is 35.5. The van der Waals surface area contributed by atoms with Crippen LogP contribution in [0.15, 0.2) is 18.2 Å². The predicted octanol–water partition coefficient (Wildman–Crippen LogP) is 3.04. The molecular formula is C18H20Cl2N4O2. The summed E-state index contributed by atoms with van der Waals surface area (Å²) in [5.41, 5.74) is 2.62. The Bertz CT molecular complexity index is 822. The summed E-state index contributed by atoms with van der Waals surface area (Å²) in [4.78, 5) is 2.47. The number of nitrogens with zero attached hydrogens (tertiary/aromatic N) is 4. The Morgan fingerprint density at radius 1 is 1.23 bits per heavy atom. The first-order chi connectivity index (χ1) is 12.7. The van der Waals surface area contributed by atoms with E-state index in [4.69, 9.17) is 32.7 Å². The van der Waals surface area contributed by atoms with Crippen molar-refractivity contribution in [3.63, 3.8) is 0 Å². The molecule has 2 fully saturated rings. The van der Waals surface area contributed by atoms with Gasteiger partial charge in [-0.25, -0.2) is 4.68 Å². The molecule has 0 unspecified atom stereocenters. The summed E-state index contributed by atoms with van der Waals surface area (Å²) in [7, 11) is 0. The van der Waals surface area contributed by atoms with Crippen LogP contribution in [0.5, 0.6) is 0 Å². The number of likely N-dealkylation sites (tertiary alicyclic amines) is 1. The molecule has 0 aliphatic carbocycles. The Kier molecular flexibility index (Phi) is 4.41. The lowest BCUT2D eigenvalue weighted by molar-refractivity contribution is -0.00507. The summed E-state index contributed by atoms with van der Waals surface area (Å²) in [6.07, 6.45) is 1.32. The molecule has 3 aliphatic rings. The van der Waals surface area contributed by atoms with Gasteiger partial charge in [-0.3, -0.25) is 4.90 Å². The van der Waals surface area contributed by atoms with Gasteiger partial charge in [-0.15, -0.1) is 5.10 Å². The molecule has 2 aromatic rings. The monoisotopic (exact) mass is 394 g/mol. The molecule has 0 radical (unpaired) electrons. The van der Waals surface area contributed by atoms with Crippen LogP contribution >= 0.6 is 23.2 Å². The maximum absolute atomic E-state index is 6.37. The van der Waals surface area contributed by atoms with Gasteiger partial charge in [-0.1, -0.05) is 28.4 Å². The zero-order chi connectivity index (χ0) is 17.7. The molecule has 4 heterocycles. The third-order valence-electron chi connectivity index (χ3n) is 5.58. The van der Waals surface area contributed by atoms with Gasteiger partial charge in [0.15, 0.2) is 0 Å². The second kappa shape index (κ2) is 6.77. The molecule has 0 spiro atoms. The minimum atomic E-state index is 0.167. The highest BCUT2D eigenvalue weighted by molar-refractivity contribution is 6.36. The van der Waals surface area contributed by atoms with Crippen molar-refractivity contribution < 1.29 is 9.47 Å². The van der Waals surface area contributed by atoms with E-state index >= 15 is 0 Å². The quantitative estimate of drug-likeness (QED) is 0.800. The lowest BCUT2D eigenvalue weighted by atomic mass is 10.1. The van der Waals surface area contributed by atoms with Gasteiger partial charge in [-0.2, -0.15) is 0 Å². The van der Waals surface area contributed by atoms with Crippen molar-refractivity contribution >= 4 is 23.2 Å². The van der Waals surface area contributed by atoms with Crippen molar-refractivity contribution in [2.24, 2.45) is 5.92 Å². The number of hydrogen-bond acceptors (Lipinski definition) is 5. The maximum Gasteiger partial charge on any atom is 0.120 e. The first-order valence-electron chi connectivity index (χ1n) is 9.00. The van der Waals surface area contributed by atoms with Crippen molar-refractivity contribution in [3.8, 4) is 11.3 Å². The molecule has 26 heavy (non-hydrogen) atoms. The molecular weight excluding hydrogens is 375 g/mol. The number of fused-ring (bicyclic) bond motifs is 3. The number of aromatic nitrogens is 3. The Labute approximate surface area is 162 Å². The summed E-state index contributed by atoms with van der Waals surface area (Å²) in [6.45, 7) is 5.21. The molecule has 0 N–H and O–H groups in total. The third kappa shape index (κ3) is 2.94. The average molecular weight is 395 g/mol. The van der Waals surface area contributed by atoms with Crippen LogP contribution in [-0.2, 0) is 16.1 Å². The maximum atomic E-state index is 6.37. The smallest absolute Gasteiger partial charge is 0.120 e. The normalized spacial score (nSPS) is 28.3. The van der Waals surface area contributed by atoms with Crippen LogP contribution in [0.25, 0.3) is 11.3 Å². The summed E-state index contributed by atoms with van der Waals surface area (Å²) >= 11 is 12.4. The highest BCUT2D eigenvalue weighted by Gasteiger charge is 2.41. The fourth-order valence-corrected chi connectivity index (χ4v) is 4.76. The zero-order valence-corrected chi connectivity index (χ0v) is 15.8. The Hall–Kier alpha value is -1.18. The lowest BCUT2D eigenvalue weighted by Gasteiger charge is -2.26. The Morgan fingerprint density at radius 2 is 2.15 bits per heavy atom. The SMILES string of the molecule is Clc1ccc(-c2nnn3c2CO[C@@H]2CN(C[C@H]4CCOC4)C[C@H]23)c(Cl)c1. The van der Waals surface area contributed by atoms with E-state index in [1.54, 1.807) is 6.07 Å². The van der Waals surface area contributed by atoms with Crippen LogP contribution in [0.2, 0.25) is 10.0 Å². The second-order valence-corrected chi connectivity index (χ2v) is 8.16. The fraction of sp³-hybridized carbons (Fsp3) is 0.556. The van der Waals surface area contributed by atoms with E-state index in [1.807, 2.05) is 16.8 Å². The topological polar surface area (TPSA) is 52.4 Å². The van der Waals surface area contributed by atoms with Gasteiger partial charge in [0.05, 0.1) is 36.1 Å². The van der Waals surface area contributed by atoms with Gasteiger partial charge in [-0.05, 0) is 30.5 Å². The van der Waals surface area contributed by atoms with E-state index in [0.29, 0.717) is 22.6 Å². The average Bonchev–Trinajstić information content (AvgIpc) is 3.33. The van der Waals surface area contributed by atoms with Crippen molar-refractivity contribution in [2.45, 2.75) is 25.2 Å². The highest BCUT2D eigenvalue weighted by Crippen LogP contribution is 2.37. The Balaban J connectivity index is 1.40. The first-order valence-corrected chi connectivity index (χ1v) is 9.76. The van der Waals surface area contributed by atoms with Gasteiger partial charge in [0.1, 0.15) is 5.69 Å². The van der Waals surface area contributed by atoms with E-state index in [2.05, 4.69) is 15.2 Å². The van der Waals surface area contributed by atoms with Crippen LogP contribution in [0.4, 0.5) is 0 Å². The van der Waals surface area contributed by atoms with Crippen LogP contribution in [0.1, 0.15) is 18.2 Å². The standard InChI is InChI=1S/C18H20Cl2N4O2/c19-12-1-2-13(14(20)5-12)18-16-10-26-17-8-23(6-11-3-4-25-9-11)7-15(17)24(16)22-21-18/h1-2,5,11,15,17H,3-4,6-10H2/t11-,15-,17-/m1/s1. The molecule has 8 heteroatoms. The molecule has 1 aromatic heterocycles. The number of benzene rings is 1. The molecule has 3 atom stereocenters. The van der Waals surface area contributed by atoms with E-state index in [9.17, 15) is 0 Å². The van der Waals surface area contributed by atoms with E-state index in [0.717, 1.165) is 56.2 Å². The first kappa shape index (κ1) is 17.0. The largest absolute Gasteiger partial charge is 0.381 e. The lowest BCUT2D eigenvalue weighted by Crippen LogP contribution is -2.32. The molecule has 2 saturated heterocycles. The number of ether oxygens (including phenoxy) is 2. The van der Waals surface area contributed by atoms with E-state index in [1.165, 1.54) is 0 Å². The minimum absolute atomic E-state index is 0.167. The minimum Gasteiger partial charge on any atom is -0.381 e. The van der Waals surface area contributed by atoms with Gasteiger partial charge < -0.3 is 9.47 Å². The zero-order valence-electron chi connectivity index (χ0n) is 14.3. The van der Waals surface area contributed by atoms with Crippen LogP contribution in [0, 0.1) is 5.92 Å². The number of hydrogen-bond donors (Lipinski definition) is 0. The van der Waals surface area contributed by atoms with Crippen molar-refractivity contribution in [1.29, 1.82) is 0 Å². The summed E-state index contributed by atoms with van der Waals surface area (Å²) in [6, 6.07) is 5.65. The molecule has 0 saturated carbocycles. The Morgan fingerprint density at radius 3 is 2.96 bits per heavy atom. The van der Waals surface area contributed by atoms with E-state index in [-0.39, 0.29) is 12.1 Å². The molecule has 3 aliphatic heterocycles. The van der Waals surface area contributed by atoms with Gasteiger partial charge >= 0.3 is 0 Å². The second-order valence-electron chi connectivity index (χ2n) is 7.32. The summed E-state index contributed by atoms with van der Waals surface area (Å²) < 4.78 is 13.7. The van der Waals surface area contributed by atoms with Gasteiger partial charge in [0.25, 0.3) is 0 Å². The van der Waals surface area contributed by atoms with Crippen LogP contribution in [-0.4, -0.2) is 58.8 Å². The molecule has 0 amide bonds. The molecule has 138 valence electrons. The number of halogens is 2. The van der Waals surface area contributed by atoms with Crippen LogP contribution in [0.3, 0.4) is 0 Å². The molecule has 1 aromatic carbocycles. The third-order valence-corrected chi connectivity index (χ3v) is 6.13. The van der Waals surface area contributed by atoms with Crippen LogP contribution < -0.4 is 0 Å². The van der Waals surface area contributed by atoms with Crippen molar-refractivity contribution in [2.75, 3.05) is 32.8 Å². The number of rotatable bonds is 3. The van der Waals surface area contributed by atoms with Crippen molar-refractivity contribution in [3.05, 3.63) is 33.9 Å². The van der Waals surface area contributed by atoms with Gasteiger partial charge in [0, 0.05) is 36.8 Å². The van der Waals surface area contributed by atoms with Gasteiger partial charge in [0.2, 0.25) is 0 Å². The molecule has 5 rings (SSSR count). The molecule has 6 nitrogen and oxygen atoms in total. The summed E-state index contributed by atoms with van der Waals surface area (Å²) in [5, 5.41) is 10.1. The van der Waals surface area contributed by atoms with Crippen molar-refractivity contribution in [1.82, 2.24) is 19.9 Å². The van der Waals surface area contributed by atoms with E-state index < -0.39 is 0 Å². The summed E-state index contributed by atoms with van der Waals surface area (Å²) in [5.74, 6) is 0.633. The predicted molar refractivity (Wildman–Crippen MR) is 98.5 cm³/mol. The molecule has 0 bridgehead atoms.